The summed E-state index contributed by atoms with van der Waals surface area (Å²) in [4.78, 5) is 4.50. The second kappa shape index (κ2) is 7.48. The van der Waals surface area contributed by atoms with Gasteiger partial charge < -0.3 is 14.6 Å². The molecule has 3 unspecified atom stereocenters. The molecule has 0 bridgehead atoms. The van der Waals surface area contributed by atoms with Crippen molar-refractivity contribution < 1.29 is 9.26 Å². The molecule has 5 heteroatoms. The summed E-state index contributed by atoms with van der Waals surface area (Å²) in [6, 6.07) is 0.315. The van der Waals surface area contributed by atoms with Gasteiger partial charge in [-0.1, -0.05) is 19.0 Å². The Morgan fingerprint density at radius 1 is 1.28 bits per heavy atom. The van der Waals surface area contributed by atoms with Crippen LogP contribution in [0, 0.1) is 0 Å². The van der Waals surface area contributed by atoms with Crippen molar-refractivity contribution in [3.63, 3.8) is 0 Å². The van der Waals surface area contributed by atoms with Gasteiger partial charge in [0.1, 0.15) is 6.10 Å². The first-order valence-electron chi connectivity index (χ1n) is 6.80. The monoisotopic (exact) mass is 255 g/mol. The van der Waals surface area contributed by atoms with Crippen LogP contribution in [0.2, 0.25) is 0 Å². The van der Waals surface area contributed by atoms with Gasteiger partial charge in [0.15, 0.2) is 0 Å². The maximum absolute atomic E-state index is 5.59. The minimum absolute atomic E-state index is 0.0603. The van der Waals surface area contributed by atoms with Gasteiger partial charge in [-0.2, -0.15) is 4.98 Å². The fraction of sp³-hybridized carbons (Fsp3) is 0.846. The van der Waals surface area contributed by atoms with Crippen molar-refractivity contribution in [2.24, 2.45) is 0 Å². The van der Waals surface area contributed by atoms with Crippen LogP contribution in [-0.2, 0) is 4.74 Å². The van der Waals surface area contributed by atoms with Crippen LogP contribution in [0.4, 0.5) is 0 Å². The van der Waals surface area contributed by atoms with Crippen molar-refractivity contribution in [1.29, 1.82) is 0 Å². The van der Waals surface area contributed by atoms with Crippen LogP contribution in [0.5, 0.6) is 0 Å². The molecule has 0 saturated carbocycles. The van der Waals surface area contributed by atoms with E-state index in [1.807, 2.05) is 14.0 Å². The lowest BCUT2D eigenvalue weighted by Gasteiger charge is -2.18. The van der Waals surface area contributed by atoms with E-state index in [-0.39, 0.29) is 12.0 Å². The Morgan fingerprint density at radius 2 is 2.00 bits per heavy atom. The standard InChI is InChI=1S/C13H25N3O2/c1-6-10(9(4)14-5)13-15-12(16-18-13)11(7-2)17-8-3/h9-11,14H,6-8H2,1-5H3. The SMILES string of the molecule is CCOC(CC)c1noc(C(CC)C(C)NC)n1. The Labute approximate surface area is 109 Å². The van der Waals surface area contributed by atoms with Gasteiger partial charge in [-0.3, -0.25) is 0 Å². The Kier molecular flexibility index (Phi) is 6.29. The molecule has 5 nitrogen and oxygen atoms in total. The smallest absolute Gasteiger partial charge is 0.231 e. The van der Waals surface area contributed by atoms with E-state index in [0.717, 1.165) is 12.8 Å². The van der Waals surface area contributed by atoms with E-state index in [0.29, 0.717) is 24.4 Å². The average Bonchev–Trinajstić information content (AvgIpc) is 2.85. The lowest BCUT2D eigenvalue weighted by molar-refractivity contribution is 0.0518. The molecular formula is C13H25N3O2. The Balaban J connectivity index is 2.83. The van der Waals surface area contributed by atoms with Gasteiger partial charge in [0, 0.05) is 12.6 Å². The molecule has 0 radical (unpaired) electrons. The molecule has 18 heavy (non-hydrogen) atoms. The Hall–Kier alpha value is -0.940. The fourth-order valence-electron chi connectivity index (χ4n) is 2.05. The van der Waals surface area contributed by atoms with Crippen LogP contribution in [0.15, 0.2) is 4.52 Å². The second-order valence-electron chi connectivity index (χ2n) is 4.44. The lowest BCUT2D eigenvalue weighted by atomic mass is 9.98. The highest BCUT2D eigenvalue weighted by atomic mass is 16.5. The largest absolute Gasteiger partial charge is 0.370 e. The van der Waals surface area contributed by atoms with Crippen LogP contribution in [0.3, 0.4) is 0 Å². The lowest BCUT2D eigenvalue weighted by Crippen LogP contribution is -2.28. The molecule has 0 aliphatic rings. The third-order valence-electron chi connectivity index (χ3n) is 3.30. The molecule has 3 atom stereocenters. The molecule has 0 fully saturated rings. The highest BCUT2D eigenvalue weighted by Crippen LogP contribution is 2.24. The van der Waals surface area contributed by atoms with E-state index in [2.05, 4.69) is 36.2 Å². The summed E-state index contributed by atoms with van der Waals surface area (Å²) >= 11 is 0. The molecule has 0 spiro atoms. The first kappa shape index (κ1) is 15.1. The number of nitrogens with zero attached hydrogens (tertiary/aromatic N) is 2. The zero-order valence-electron chi connectivity index (χ0n) is 12.1. The van der Waals surface area contributed by atoms with Gasteiger partial charge in [-0.25, -0.2) is 0 Å². The van der Waals surface area contributed by atoms with E-state index < -0.39 is 0 Å². The van der Waals surface area contributed by atoms with E-state index in [4.69, 9.17) is 9.26 Å². The topological polar surface area (TPSA) is 60.2 Å². The zero-order valence-corrected chi connectivity index (χ0v) is 12.1. The highest BCUT2D eigenvalue weighted by Gasteiger charge is 2.24. The molecule has 1 heterocycles. The molecule has 0 aliphatic carbocycles. The number of hydrogen-bond donors (Lipinski definition) is 1. The quantitative estimate of drug-likeness (QED) is 0.774. The molecule has 104 valence electrons. The van der Waals surface area contributed by atoms with Gasteiger partial charge >= 0.3 is 0 Å². The van der Waals surface area contributed by atoms with Crippen molar-refractivity contribution in [3.05, 3.63) is 11.7 Å². The van der Waals surface area contributed by atoms with Crippen LogP contribution in [0.25, 0.3) is 0 Å². The number of likely N-dealkylation sites (N-methyl/N-ethyl adjacent to an activating group) is 1. The van der Waals surface area contributed by atoms with Crippen LogP contribution >= 0.6 is 0 Å². The summed E-state index contributed by atoms with van der Waals surface area (Å²) < 4.78 is 11.0. The summed E-state index contributed by atoms with van der Waals surface area (Å²) in [5.41, 5.74) is 0. The predicted octanol–water partition coefficient (Wildman–Crippen LogP) is 2.66. The molecule has 1 aromatic rings. The number of ether oxygens (including phenoxy) is 1. The minimum atomic E-state index is -0.0603. The summed E-state index contributed by atoms with van der Waals surface area (Å²) in [5, 5.41) is 7.29. The average molecular weight is 255 g/mol. The van der Waals surface area contributed by atoms with Crippen molar-refractivity contribution >= 4 is 0 Å². The molecule has 1 aromatic heterocycles. The minimum Gasteiger partial charge on any atom is -0.370 e. The van der Waals surface area contributed by atoms with Gasteiger partial charge in [0.2, 0.25) is 11.7 Å². The van der Waals surface area contributed by atoms with Crippen molar-refractivity contribution in [3.8, 4) is 0 Å². The van der Waals surface area contributed by atoms with Crippen LogP contribution in [0.1, 0.15) is 64.3 Å². The van der Waals surface area contributed by atoms with Crippen LogP contribution < -0.4 is 5.32 Å². The van der Waals surface area contributed by atoms with Gasteiger partial charge in [0.05, 0.1) is 5.92 Å². The molecule has 1 N–H and O–H groups in total. The van der Waals surface area contributed by atoms with Gasteiger partial charge in [-0.05, 0) is 33.7 Å². The van der Waals surface area contributed by atoms with Gasteiger partial charge in [0.25, 0.3) is 0 Å². The normalized spacial score (nSPS) is 16.5. The summed E-state index contributed by atoms with van der Waals surface area (Å²) in [5.74, 6) is 1.61. The molecule has 0 saturated heterocycles. The third kappa shape index (κ3) is 3.53. The zero-order chi connectivity index (χ0) is 13.5. The molecular weight excluding hydrogens is 230 g/mol. The summed E-state index contributed by atoms with van der Waals surface area (Å²) in [6.45, 7) is 8.94. The third-order valence-corrected chi connectivity index (χ3v) is 3.30. The molecule has 0 aromatic carbocycles. The molecule has 0 aliphatic heterocycles. The predicted molar refractivity (Wildman–Crippen MR) is 70.5 cm³/mol. The molecule has 0 amide bonds. The summed E-state index contributed by atoms with van der Waals surface area (Å²) in [6.07, 6.45) is 1.76. The maximum atomic E-state index is 5.59. The fourth-order valence-corrected chi connectivity index (χ4v) is 2.05. The first-order valence-corrected chi connectivity index (χ1v) is 6.80. The molecule has 1 rings (SSSR count). The maximum Gasteiger partial charge on any atom is 0.231 e. The number of aromatic nitrogens is 2. The van der Waals surface area contributed by atoms with Crippen LogP contribution in [-0.4, -0.2) is 29.8 Å². The number of rotatable bonds is 8. The Bertz CT molecular complexity index is 341. The van der Waals surface area contributed by atoms with E-state index in [1.54, 1.807) is 0 Å². The van der Waals surface area contributed by atoms with Gasteiger partial charge in [-0.15, -0.1) is 0 Å². The number of nitrogens with one attached hydrogen (secondary N) is 1. The first-order chi connectivity index (χ1) is 8.67. The van der Waals surface area contributed by atoms with E-state index in [9.17, 15) is 0 Å². The van der Waals surface area contributed by atoms with Crippen molar-refractivity contribution in [1.82, 2.24) is 15.5 Å². The highest BCUT2D eigenvalue weighted by molar-refractivity contribution is 4.99. The van der Waals surface area contributed by atoms with Crippen molar-refractivity contribution in [2.75, 3.05) is 13.7 Å². The van der Waals surface area contributed by atoms with E-state index >= 15 is 0 Å². The van der Waals surface area contributed by atoms with Crippen molar-refractivity contribution in [2.45, 2.75) is 58.6 Å². The number of hydrogen-bond acceptors (Lipinski definition) is 5. The van der Waals surface area contributed by atoms with E-state index in [1.165, 1.54) is 0 Å². The Morgan fingerprint density at radius 3 is 2.50 bits per heavy atom. The second-order valence-corrected chi connectivity index (χ2v) is 4.44. The summed E-state index contributed by atoms with van der Waals surface area (Å²) in [7, 11) is 1.94.